The van der Waals surface area contributed by atoms with E-state index in [1.54, 1.807) is 27.7 Å². The van der Waals surface area contributed by atoms with Crippen molar-refractivity contribution in [1.29, 1.82) is 5.26 Å². The molecule has 3 heteroatoms. The molecule has 0 aliphatic rings. The normalized spacial score (nSPS) is 9.80. The van der Waals surface area contributed by atoms with Crippen LogP contribution >= 0.6 is 0 Å². The van der Waals surface area contributed by atoms with Gasteiger partial charge in [0.1, 0.15) is 0 Å². The van der Waals surface area contributed by atoms with Crippen molar-refractivity contribution in [3.8, 4) is 6.07 Å². The minimum Gasteiger partial charge on any atom is -0.478 e. The Balaban J connectivity index is 3.76. The lowest BCUT2D eigenvalue weighted by molar-refractivity contribution is 0.0695. The van der Waals surface area contributed by atoms with E-state index in [1.807, 2.05) is 0 Å². The molecular formula is C12H13NO2. The third kappa shape index (κ3) is 1.59. The van der Waals surface area contributed by atoms with E-state index < -0.39 is 5.97 Å². The fourth-order valence-electron chi connectivity index (χ4n) is 1.80. The van der Waals surface area contributed by atoms with E-state index in [4.69, 9.17) is 10.4 Å². The molecule has 0 saturated heterocycles. The molecule has 0 spiro atoms. The van der Waals surface area contributed by atoms with Gasteiger partial charge in [-0.05, 0) is 49.9 Å². The number of nitrogens with zero attached hydrogens (tertiary/aromatic N) is 1. The Labute approximate surface area is 89.0 Å². The van der Waals surface area contributed by atoms with Crippen molar-refractivity contribution >= 4 is 5.97 Å². The summed E-state index contributed by atoms with van der Waals surface area (Å²) < 4.78 is 0. The molecule has 0 atom stereocenters. The number of aromatic carboxylic acids is 1. The zero-order valence-electron chi connectivity index (χ0n) is 9.30. The van der Waals surface area contributed by atoms with Gasteiger partial charge in [-0.1, -0.05) is 0 Å². The molecule has 0 bridgehead atoms. The largest absolute Gasteiger partial charge is 0.478 e. The SMILES string of the molecule is Cc1c(C)c(C(=O)O)c(C)c(C)c1C#N. The lowest BCUT2D eigenvalue weighted by atomic mass is 9.89. The Hall–Kier alpha value is -1.82. The van der Waals surface area contributed by atoms with Crippen molar-refractivity contribution in [1.82, 2.24) is 0 Å². The van der Waals surface area contributed by atoms with E-state index in [2.05, 4.69) is 6.07 Å². The highest BCUT2D eigenvalue weighted by Gasteiger charge is 2.18. The quantitative estimate of drug-likeness (QED) is 0.762. The zero-order chi connectivity index (χ0) is 11.7. The molecule has 0 saturated carbocycles. The summed E-state index contributed by atoms with van der Waals surface area (Å²) in [7, 11) is 0. The molecule has 1 aromatic carbocycles. The van der Waals surface area contributed by atoms with Gasteiger partial charge in [0.15, 0.2) is 0 Å². The molecule has 0 aliphatic heterocycles. The van der Waals surface area contributed by atoms with Crippen LogP contribution in [-0.2, 0) is 0 Å². The van der Waals surface area contributed by atoms with E-state index in [-0.39, 0.29) is 0 Å². The highest BCUT2D eigenvalue weighted by Crippen LogP contribution is 2.25. The van der Waals surface area contributed by atoms with E-state index >= 15 is 0 Å². The topological polar surface area (TPSA) is 61.1 Å². The Morgan fingerprint density at radius 2 is 1.47 bits per heavy atom. The van der Waals surface area contributed by atoms with Gasteiger partial charge in [-0.25, -0.2) is 4.79 Å². The average Bonchev–Trinajstić information content (AvgIpc) is 2.16. The van der Waals surface area contributed by atoms with Crippen LogP contribution in [0.15, 0.2) is 0 Å². The Morgan fingerprint density at radius 1 is 1.07 bits per heavy atom. The van der Waals surface area contributed by atoms with Gasteiger partial charge in [-0.2, -0.15) is 5.26 Å². The molecule has 0 amide bonds. The van der Waals surface area contributed by atoms with Gasteiger partial charge in [0.2, 0.25) is 0 Å². The van der Waals surface area contributed by atoms with Crippen LogP contribution in [-0.4, -0.2) is 11.1 Å². The van der Waals surface area contributed by atoms with Crippen molar-refractivity contribution in [2.45, 2.75) is 27.7 Å². The van der Waals surface area contributed by atoms with Crippen LogP contribution in [0, 0.1) is 39.0 Å². The maximum Gasteiger partial charge on any atom is 0.336 e. The second kappa shape index (κ2) is 3.74. The van der Waals surface area contributed by atoms with Gasteiger partial charge >= 0.3 is 5.97 Å². The monoisotopic (exact) mass is 203 g/mol. The summed E-state index contributed by atoms with van der Waals surface area (Å²) in [5.74, 6) is -0.930. The first kappa shape index (κ1) is 11.3. The van der Waals surface area contributed by atoms with Gasteiger partial charge in [0, 0.05) is 0 Å². The van der Waals surface area contributed by atoms with Gasteiger partial charge in [0.25, 0.3) is 0 Å². The summed E-state index contributed by atoms with van der Waals surface area (Å²) in [6.07, 6.45) is 0. The first-order chi connectivity index (χ1) is 6.91. The first-order valence-corrected chi connectivity index (χ1v) is 4.65. The number of hydrogen-bond donors (Lipinski definition) is 1. The predicted molar refractivity (Wildman–Crippen MR) is 57.1 cm³/mol. The van der Waals surface area contributed by atoms with Crippen LogP contribution in [0.25, 0.3) is 0 Å². The molecule has 0 heterocycles. The van der Waals surface area contributed by atoms with Gasteiger partial charge in [0.05, 0.1) is 17.2 Å². The zero-order valence-corrected chi connectivity index (χ0v) is 9.30. The highest BCUT2D eigenvalue weighted by molar-refractivity contribution is 5.92. The van der Waals surface area contributed by atoms with E-state index in [0.717, 1.165) is 11.1 Å². The number of rotatable bonds is 1. The van der Waals surface area contributed by atoms with E-state index in [1.165, 1.54) is 0 Å². The van der Waals surface area contributed by atoms with Crippen LogP contribution < -0.4 is 0 Å². The van der Waals surface area contributed by atoms with E-state index in [9.17, 15) is 4.79 Å². The fourth-order valence-corrected chi connectivity index (χ4v) is 1.80. The smallest absolute Gasteiger partial charge is 0.336 e. The molecular weight excluding hydrogens is 190 g/mol. The first-order valence-electron chi connectivity index (χ1n) is 4.65. The summed E-state index contributed by atoms with van der Waals surface area (Å²) >= 11 is 0. The molecule has 0 radical (unpaired) electrons. The molecule has 1 aromatic rings. The number of nitriles is 1. The van der Waals surface area contributed by atoms with Crippen molar-refractivity contribution in [2.75, 3.05) is 0 Å². The van der Waals surface area contributed by atoms with Crippen molar-refractivity contribution in [2.24, 2.45) is 0 Å². The standard InChI is InChI=1S/C12H13NO2/c1-6-8(3)11(12(14)15)9(4)7(2)10(6)5-13/h1-4H3,(H,14,15). The fraction of sp³-hybridized carbons (Fsp3) is 0.333. The molecule has 78 valence electrons. The van der Waals surface area contributed by atoms with Crippen molar-refractivity contribution in [3.05, 3.63) is 33.4 Å². The minimum atomic E-state index is -0.930. The Morgan fingerprint density at radius 3 is 1.73 bits per heavy atom. The maximum atomic E-state index is 11.1. The lowest BCUT2D eigenvalue weighted by Crippen LogP contribution is -2.08. The minimum absolute atomic E-state index is 0.323. The van der Waals surface area contributed by atoms with Gasteiger partial charge < -0.3 is 5.11 Å². The summed E-state index contributed by atoms with van der Waals surface area (Å²) in [6.45, 7) is 7.05. The van der Waals surface area contributed by atoms with Gasteiger partial charge in [-0.3, -0.25) is 0 Å². The third-order valence-electron chi connectivity index (χ3n) is 2.95. The van der Waals surface area contributed by atoms with Crippen LogP contribution in [0.4, 0.5) is 0 Å². The van der Waals surface area contributed by atoms with Crippen LogP contribution in [0.2, 0.25) is 0 Å². The number of carbonyl (C=O) groups is 1. The molecule has 0 fully saturated rings. The summed E-state index contributed by atoms with van der Waals surface area (Å²) in [5.41, 5.74) is 3.80. The molecule has 1 rings (SSSR count). The Kier molecular flexibility index (Phi) is 2.81. The number of benzene rings is 1. The number of carboxylic acids is 1. The molecule has 0 aromatic heterocycles. The molecule has 15 heavy (non-hydrogen) atoms. The molecule has 1 N–H and O–H groups in total. The summed E-state index contributed by atoms with van der Waals surface area (Å²) in [5, 5.41) is 18.1. The lowest BCUT2D eigenvalue weighted by Gasteiger charge is -2.13. The molecule has 0 unspecified atom stereocenters. The van der Waals surface area contributed by atoms with Crippen LogP contribution in [0.3, 0.4) is 0 Å². The van der Waals surface area contributed by atoms with Crippen LogP contribution in [0.5, 0.6) is 0 Å². The summed E-state index contributed by atoms with van der Waals surface area (Å²) in [6, 6.07) is 2.12. The highest BCUT2D eigenvalue weighted by atomic mass is 16.4. The Bertz CT molecular complexity index is 452. The van der Waals surface area contributed by atoms with Gasteiger partial charge in [-0.15, -0.1) is 0 Å². The number of carboxylic acid groups (broad SMARTS) is 1. The molecule has 0 aliphatic carbocycles. The van der Waals surface area contributed by atoms with Crippen LogP contribution in [0.1, 0.15) is 38.2 Å². The van der Waals surface area contributed by atoms with Crippen molar-refractivity contribution in [3.63, 3.8) is 0 Å². The second-order valence-electron chi connectivity index (χ2n) is 3.67. The third-order valence-corrected chi connectivity index (χ3v) is 2.95. The maximum absolute atomic E-state index is 11.1. The average molecular weight is 203 g/mol. The molecule has 3 nitrogen and oxygen atoms in total. The van der Waals surface area contributed by atoms with E-state index in [0.29, 0.717) is 22.3 Å². The van der Waals surface area contributed by atoms with Crippen molar-refractivity contribution < 1.29 is 9.90 Å². The second-order valence-corrected chi connectivity index (χ2v) is 3.67. The number of hydrogen-bond acceptors (Lipinski definition) is 2. The summed E-state index contributed by atoms with van der Waals surface area (Å²) in [4.78, 5) is 11.1. The predicted octanol–water partition coefficient (Wildman–Crippen LogP) is 2.49.